The van der Waals surface area contributed by atoms with Gasteiger partial charge in [-0.2, -0.15) is 0 Å². The van der Waals surface area contributed by atoms with Crippen molar-refractivity contribution in [2.24, 2.45) is 0 Å². The maximum atomic E-state index is 12.3. The average Bonchev–Trinajstić information content (AvgIpc) is 2.81. The van der Waals surface area contributed by atoms with Gasteiger partial charge < -0.3 is 15.0 Å². The predicted molar refractivity (Wildman–Crippen MR) is 99.9 cm³/mol. The van der Waals surface area contributed by atoms with Crippen molar-refractivity contribution in [3.05, 3.63) is 58.4 Å². The molecule has 25 heavy (non-hydrogen) atoms. The number of rotatable bonds is 4. The summed E-state index contributed by atoms with van der Waals surface area (Å²) < 4.78 is 7.30. The van der Waals surface area contributed by atoms with Gasteiger partial charge in [-0.05, 0) is 38.8 Å². The van der Waals surface area contributed by atoms with Crippen LogP contribution >= 0.6 is 0 Å². The number of hydrogen-bond donors (Lipinski definition) is 1. The van der Waals surface area contributed by atoms with E-state index < -0.39 is 5.97 Å². The van der Waals surface area contributed by atoms with Gasteiger partial charge in [-0.25, -0.2) is 9.78 Å². The van der Waals surface area contributed by atoms with Crippen molar-refractivity contribution in [2.45, 2.75) is 34.2 Å². The number of nitrogens with zero attached hydrogens (tertiary/aromatic N) is 2. The first-order valence-corrected chi connectivity index (χ1v) is 8.42. The molecule has 0 aliphatic carbocycles. The van der Waals surface area contributed by atoms with Crippen LogP contribution in [-0.4, -0.2) is 22.1 Å². The number of carbonyl (C=O) groups is 1. The number of aromatic nitrogens is 2. The van der Waals surface area contributed by atoms with E-state index in [1.54, 1.807) is 13.8 Å². The molecular formula is C20H23N3O2. The van der Waals surface area contributed by atoms with Gasteiger partial charge >= 0.3 is 5.97 Å². The Balaban J connectivity index is 2.21. The van der Waals surface area contributed by atoms with Crippen molar-refractivity contribution in [1.82, 2.24) is 9.55 Å². The fraction of sp³-hybridized carbons (Fsp3) is 0.300. The fourth-order valence-electron chi connectivity index (χ4n) is 3.24. The smallest absolute Gasteiger partial charge is 0.342 e. The minimum absolute atomic E-state index is 0.308. The highest BCUT2D eigenvalue weighted by molar-refractivity contribution is 6.06. The normalized spacial score (nSPS) is 11.0. The number of ether oxygens (including phenoxy) is 1. The number of nitrogen functional groups attached to an aromatic ring is 1. The molecular weight excluding hydrogens is 314 g/mol. The Morgan fingerprint density at radius 1 is 1.20 bits per heavy atom. The largest absolute Gasteiger partial charge is 0.462 e. The van der Waals surface area contributed by atoms with E-state index in [2.05, 4.69) is 23.6 Å². The number of pyridine rings is 1. The van der Waals surface area contributed by atoms with Gasteiger partial charge in [0.05, 0.1) is 18.0 Å². The predicted octanol–water partition coefficient (Wildman–Crippen LogP) is 3.77. The molecule has 0 atom stereocenters. The molecule has 130 valence electrons. The van der Waals surface area contributed by atoms with Crippen LogP contribution in [-0.2, 0) is 11.3 Å². The van der Waals surface area contributed by atoms with Crippen molar-refractivity contribution < 1.29 is 9.53 Å². The van der Waals surface area contributed by atoms with E-state index in [1.165, 1.54) is 5.56 Å². The number of aryl methyl sites for hydroxylation is 2. The molecule has 0 radical (unpaired) electrons. The van der Waals surface area contributed by atoms with Crippen molar-refractivity contribution in [2.75, 3.05) is 12.3 Å². The monoisotopic (exact) mass is 337 g/mol. The van der Waals surface area contributed by atoms with Crippen LogP contribution in [0.25, 0.3) is 11.0 Å². The second kappa shape index (κ2) is 6.59. The lowest BCUT2D eigenvalue weighted by Gasteiger charge is -2.12. The second-order valence-corrected chi connectivity index (χ2v) is 6.19. The van der Waals surface area contributed by atoms with Crippen LogP contribution in [0.3, 0.4) is 0 Å². The average molecular weight is 337 g/mol. The topological polar surface area (TPSA) is 70.1 Å². The standard InChI is InChI=1S/C20H23N3O2/c1-5-25-20(24)17-13(3)22-19-16(18(17)21)12(2)14(4)23(19)11-15-9-7-6-8-10-15/h6-10H,5,11H2,1-4H3,(H2,21,22). The van der Waals surface area contributed by atoms with Crippen molar-refractivity contribution >= 4 is 22.7 Å². The summed E-state index contributed by atoms with van der Waals surface area (Å²) in [6, 6.07) is 10.2. The molecule has 0 aliphatic heterocycles. The van der Waals surface area contributed by atoms with Crippen LogP contribution in [0.1, 0.15) is 39.8 Å². The molecule has 2 N–H and O–H groups in total. The molecule has 0 unspecified atom stereocenters. The molecule has 5 heteroatoms. The second-order valence-electron chi connectivity index (χ2n) is 6.19. The SMILES string of the molecule is CCOC(=O)c1c(C)nc2c(c(C)c(C)n2Cc2ccccc2)c1N. The Morgan fingerprint density at radius 2 is 1.88 bits per heavy atom. The van der Waals surface area contributed by atoms with Crippen molar-refractivity contribution in [3.8, 4) is 0 Å². The first-order valence-electron chi connectivity index (χ1n) is 8.42. The van der Waals surface area contributed by atoms with Crippen LogP contribution in [0, 0.1) is 20.8 Å². The molecule has 1 aromatic carbocycles. The summed E-state index contributed by atoms with van der Waals surface area (Å²) in [7, 11) is 0. The Bertz CT molecular complexity index is 943. The van der Waals surface area contributed by atoms with E-state index in [0.29, 0.717) is 30.1 Å². The fourth-order valence-corrected chi connectivity index (χ4v) is 3.24. The van der Waals surface area contributed by atoms with Crippen molar-refractivity contribution in [1.29, 1.82) is 0 Å². The molecule has 0 aliphatic rings. The number of nitrogens with two attached hydrogens (primary N) is 1. The molecule has 2 aromatic heterocycles. The van der Waals surface area contributed by atoms with Crippen LogP contribution in [0.2, 0.25) is 0 Å². The van der Waals surface area contributed by atoms with Gasteiger partial charge in [0, 0.05) is 17.6 Å². The zero-order valence-corrected chi connectivity index (χ0v) is 15.1. The quantitative estimate of drug-likeness (QED) is 0.736. The van der Waals surface area contributed by atoms with E-state index in [-0.39, 0.29) is 0 Å². The minimum atomic E-state index is -0.417. The molecule has 0 saturated heterocycles. The molecule has 5 nitrogen and oxygen atoms in total. The van der Waals surface area contributed by atoms with Gasteiger partial charge in [-0.1, -0.05) is 30.3 Å². The molecule has 2 heterocycles. The molecule has 0 bridgehead atoms. The van der Waals surface area contributed by atoms with Gasteiger partial charge in [0.25, 0.3) is 0 Å². The number of hydrogen-bond acceptors (Lipinski definition) is 4. The first-order chi connectivity index (χ1) is 12.0. The van der Waals surface area contributed by atoms with Gasteiger partial charge in [0.15, 0.2) is 0 Å². The third-order valence-electron chi connectivity index (χ3n) is 4.64. The minimum Gasteiger partial charge on any atom is -0.462 e. The lowest BCUT2D eigenvalue weighted by molar-refractivity contribution is 0.0526. The Labute approximate surface area is 147 Å². The van der Waals surface area contributed by atoms with Crippen LogP contribution in [0.15, 0.2) is 30.3 Å². The van der Waals surface area contributed by atoms with Crippen LogP contribution in [0.5, 0.6) is 0 Å². The number of anilines is 1. The van der Waals surface area contributed by atoms with E-state index in [0.717, 1.165) is 22.3 Å². The van der Waals surface area contributed by atoms with E-state index in [1.807, 2.05) is 25.1 Å². The summed E-state index contributed by atoms with van der Waals surface area (Å²) in [5, 5.41) is 0.835. The molecule has 3 aromatic rings. The summed E-state index contributed by atoms with van der Waals surface area (Å²) in [6.45, 7) is 8.67. The molecule has 0 spiro atoms. The lowest BCUT2D eigenvalue weighted by atomic mass is 10.1. The zero-order valence-electron chi connectivity index (χ0n) is 15.1. The third kappa shape index (κ3) is 2.86. The third-order valence-corrected chi connectivity index (χ3v) is 4.64. The summed E-state index contributed by atoms with van der Waals surface area (Å²) >= 11 is 0. The molecule has 0 fully saturated rings. The zero-order chi connectivity index (χ0) is 18.1. The van der Waals surface area contributed by atoms with Gasteiger partial charge in [-0.15, -0.1) is 0 Å². The maximum Gasteiger partial charge on any atom is 0.342 e. The van der Waals surface area contributed by atoms with E-state index in [4.69, 9.17) is 15.5 Å². The summed E-state index contributed by atoms with van der Waals surface area (Å²) in [5.41, 5.74) is 11.9. The van der Waals surface area contributed by atoms with Gasteiger partial charge in [-0.3, -0.25) is 0 Å². The number of fused-ring (bicyclic) bond motifs is 1. The van der Waals surface area contributed by atoms with Gasteiger partial charge in [0.1, 0.15) is 11.2 Å². The summed E-state index contributed by atoms with van der Waals surface area (Å²) in [6.07, 6.45) is 0. The Kier molecular flexibility index (Phi) is 4.49. The molecule has 0 amide bonds. The lowest BCUT2D eigenvalue weighted by Crippen LogP contribution is -2.12. The maximum absolute atomic E-state index is 12.3. The number of benzene rings is 1. The number of carbonyl (C=O) groups excluding carboxylic acids is 1. The summed E-state index contributed by atoms with van der Waals surface area (Å²) in [5.74, 6) is -0.417. The Morgan fingerprint density at radius 3 is 2.52 bits per heavy atom. The summed E-state index contributed by atoms with van der Waals surface area (Å²) in [4.78, 5) is 17.0. The highest BCUT2D eigenvalue weighted by Gasteiger charge is 2.23. The van der Waals surface area contributed by atoms with Crippen LogP contribution in [0.4, 0.5) is 5.69 Å². The molecule has 3 rings (SSSR count). The molecule has 0 saturated carbocycles. The van der Waals surface area contributed by atoms with E-state index >= 15 is 0 Å². The Hall–Kier alpha value is -2.82. The van der Waals surface area contributed by atoms with E-state index in [9.17, 15) is 4.79 Å². The highest BCUT2D eigenvalue weighted by atomic mass is 16.5. The number of esters is 1. The van der Waals surface area contributed by atoms with Crippen LogP contribution < -0.4 is 5.73 Å². The first kappa shape index (κ1) is 17.0. The van der Waals surface area contributed by atoms with Crippen molar-refractivity contribution in [3.63, 3.8) is 0 Å². The highest BCUT2D eigenvalue weighted by Crippen LogP contribution is 2.33. The van der Waals surface area contributed by atoms with Gasteiger partial charge in [0.2, 0.25) is 0 Å².